The Bertz CT molecular complexity index is 2340. The zero-order valence-electron chi connectivity index (χ0n) is 35.5. The number of piperazine rings is 2. The minimum absolute atomic E-state index is 0. The van der Waals surface area contributed by atoms with Crippen LogP contribution in [0.3, 0.4) is 0 Å². The van der Waals surface area contributed by atoms with Gasteiger partial charge in [0.05, 0.1) is 29.5 Å². The second kappa shape index (κ2) is 23.0. The van der Waals surface area contributed by atoms with Crippen LogP contribution in [0.25, 0.3) is 21.8 Å². The third-order valence-electron chi connectivity index (χ3n) is 10.9. The molecule has 0 bridgehead atoms. The summed E-state index contributed by atoms with van der Waals surface area (Å²) < 4.78 is 37.5. The van der Waals surface area contributed by atoms with Gasteiger partial charge >= 0.3 is 5.97 Å². The van der Waals surface area contributed by atoms with Gasteiger partial charge in [-0.25, -0.2) is 13.6 Å². The summed E-state index contributed by atoms with van der Waals surface area (Å²) in [4.78, 5) is 36.6. The first-order chi connectivity index (χ1) is 28.7. The number of halogens is 4. The molecule has 2 aliphatic rings. The quantitative estimate of drug-likeness (QED) is 0.124. The predicted molar refractivity (Wildman–Crippen MR) is 240 cm³/mol. The van der Waals surface area contributed by atoms with E-state index >= 15 is 0 Å². The minimum atomic E-state index is -1.01. The van der Waals surface area contributed by atoms with Gasteiger partial charge in [-0.15, -0.1) is 0 Å². The maximum absolute atomic E-state index is 13.2. The summed E-state index contributed by atoms with van der Waals surface area (Å²) in [6.45, 7) is 13.9. The summed E-state index contributed by atoms with van der Waals surface area (Å²) in [6.07, 6.45) is 3.58. The first-order valence-electron chi connectivity index (χ1n) is 20.2. The number of carbonyl (C=O) groups is 2. The Hall–Kier alpha value is -3.66. The SMILES string of the molecule is C.C[C@@H]1CN([C@H](C)c2ccc(F)cc2)CCN1.C[C@H](c1ccc(F)cc1)N1CCN(C(=O)c2cc3cc[nH]c3cc2Cl)[C@H](C)C1.O=C(O)c1cc2cc[nH]c2cc1Cl.[3H][B][3H].[U]. The number of carboxylic acids is 1. The van der Waals surface area contributed by atoms with Crippen LogP contribution in [-0.2, 0) is 0 Å². The molecule has 1 radical (unpaired) electrons. The first kappa shape index (κ1) is 47.4. The molecule has 0 aliphatic carbocycles. The number of aromatic carboxylic acids is 1. The molecule has 0 unspecified atom stereocenters. The Morgan fingerprint density at radius 3 is 1.70 bits per heavy atom. The van der Waals surface area contributed by atoms with Gasteiger partial charge < -0.3 is 25.3 Å². The summed E-state index contributed by atoms with van der Waals surface area (Å²) in [7, 11) is 0.500. The number of fused-ring (bicyclic) bond motifs is 2. The average Bonchev–Trinajstić information content (AvgIpc) is 3.89. The van der Waals surface area contributed by atoms with Gasteiger partial charge in [-0.1, -0.05) is 54.9 Å². The van der Waals surface area contributed by atoms with E-state index in [0.29, 0.717) is 37.6 Å². The number of nitrogens with one attached hydrogen (secondary N) is 3. The van der Waals surface area contributed by atoms with Crippen molar-refractivity contribution in [3.8, 4) is 0 Å². The van der Waals surface area contributed by atoms with Crippen molar-refractivity contribution >= 4 is 65.2 Å². The molecule has 2 fully saturated rings. The standard InChI is InChI=1S/C22H23ClFN3O.C13H19FN2.C9H6ClNO2.CH4.BH2.U/c1-14-13-26(15(2)16-3-5-18(24)6-4-16)9-10-27(14)22(28)19-11-17-7-8-25-21(17)12-20(19)23;1-10-9-16(8-7-15-10)11(2)12-3-5-13(14)6-4-12;10-7-4-8-5(1-2-11-8)3-6(7)9(12)13;;;/h3-8,11-12,14-15,25H,9-10,13H2,1-2H3;3-6,10-11,15H,7-9H2,1-2H3;1-4,11H,(H,12,13);1H4;1H2;/t14-,15-;10-,11-;;;;/m11..../s1/i;;;;1T2;. The largest absolute Gasteiger partial charge is 0.478 e. The molecule has 4 atom stereocenters. The van der Waals surface area contributed by atoms with Crippen molar-refractivity contribution in [3.63, 3.8) is 0 Å². The Balaban J connectivity index is 0.000000256. The number of hydrogen-bond donors (Lipinski definition) is 4. The Morgan fingerprint density at radius 2 is 1.23 bits per heavy atom. The number of aromatic amines is 2. The summed E-state index contributed by atoms with van der Waals surface area (Å²) in [6, 6.07) is 25.2. The zero-order chi connectivity index (χ0) is 43.5. The van der Waals surface area contributed by atoms with Crippen molar-refractivity contribution in [2.45, 2.75) is 59.3 Å². The summed E-state index contributed by atoms with van der Waals surface area (Å²) >= 11 is 12.1. The van der Waals surface area contributed by atoms with E-state index in [1.165, 1.54) is 29.8 Å². The van der Waals surface area contributed by atoms with Gasteiger partial charge in [0.2, 0.25) is 0 Å². The smallest absolute Gasteiger partial charge is 0.337 e. The number of aromatic nitrogens is 2. The molecule has 0 spiro atoms. The number of rotatable bonds is 6. The van der Waals surface area contributed by atoms with Crippen LogP contribution in [0.5, 0.6) is 0 Å². The number of carboxylic acid groups (broad SMARTS) is 1. The molecule has 2 saturated heterocycles. The monoisotopic (exact) mass is 1090 g/mol. The molecule has 2 aliphatic heterocycles. The van der Waals surface area contributed by atoms with E-state index in [9.17, 15) is 18.4 Å². The molecule has 1 amide bonds. The fraction of sp³-hybridized carbons (Fsp3) is 0.333. The van der Waals surface area contributed by atoms with E-state index in [4.69, 9.17) is 31.0 Å². The zero-order valence-corrected chi connectivity index (χ0v) is 39.2. The van der Waals surface area contributed by atoms with Crippen molar-refractivity contribution in [1.82, 2.24) is 30.0 Å². The minimum Gasteiger partial charge on any atom is -0.478 e. The fourth-order valence-electron chi connectivity index (χ4n) is 7.49. The molecular formula is C45H54BCl2F2N6O3U. The van der Waals surface area contributed by atoms with Crippen LogP contribution in [0.4, 0.5) is 8.78 Å². The van der Waals surface area contributed by atoms with E-state index in [-0.39, 0.29) is 78.8 Å². The maximum atomic E-state index is 13.2. The van der Waals surface area contributed by atoms with Crippen LogP contribution in [0.2, 0.25) is 10.0 Å². The number of benzene rings is 4. The van der Waals surface area contributed by atoms with E-state index in [1.807, 2.05) is 53.6 Å². The van der Waals surface area contributed by atoms with Crippen molar-refractivity contribution in [2.75, 3.05) is 39.3 Å². The molecule has 4 aromatic carbocycles. The molecular weight excluding hydrogens is 1030 g/mol. The van der Waals surface area contributed by atoms with Crippen LogP contribution >= 0.6 is 23.2 Å². The predicted octanol–water partition coefficient (Wildman–Crippen LogP) is 9.29. The maximum Gasteiger partial charge on any atom is 0.337 e. The molecule has 60 heavy (non-hydrogen) atoms. The summed E-state index contributed by atoms with van der Waals surface area (Å²) in [5, 5.41) is 14.7. The van der Waals surface area contributed by atoms with Crippen molar-refractivity contribution in [3.05, 3.63) is 141 Å². The number of hydrogen-bond acceptors (Lipinski definition) is 5. The third-order valence-corrected chi connectivity index (χ3v) is 11.5. The van der Waals surface area contributed by atoms with Crippen LogP contribution in [0.1, 0.15) is 79.0 Å². The normalized spacial score (nSPS) is 18.0. The first-order valence-corrected chi connectivity index (χ1v) is 19.8. The van der Waals surface area contributed by atoms with Crippen LogP contribution in [-0.4, -0.2) is 104 Å². The third kappa shape index (κ3) is 12.5. The van der Waals surface area contributed by atoms with Crippen LogP contribution in [0, 0.1) is 42.7 Å². The topological polar surface area (TPSA) is 108 Å². The van der Waals surface area contributed by atoms with Gasteiger partial charge in [0.15, 0.2) is 0 Å². The molecule has 6 aromatic rings. The van der Waals surface area contributed by atoms with Crippen LogP contribution < -0.4 is 5.32 Å². The van der Waals surface area contributed by atoms with Crippen molar-refractivity contribution in [2.24, 2.45) is 0 Å². The number of carbonyl (C=O) groups excluding carboxylic acids is 1. The van der Waals surface area contributed by atoms with E-state index in [1.54, 1.807) is 24.4 Å². The number of nitrogens with zero attached hydrogens (tertiary/aromatic N) is 3. The fourth-order valence-corrected chi connectivity index (χ4v) is 7.98. The van der Waals surface area contributed by atoms with Gasteiger partial charge in [0.1, 0.15) is 11.6 Å². The second-order valence-corrected chi connectivity index (χ2v) is 15.6. The van der Waals surface area contributed by atoms with Gasteiger partial charge in [-0.3, -0.25) is 14.6 Å². The molecule has 0 saturated carbocycles. The molecule has 317 valence electrons. The van der Waals surface area contributed by atoms with Crippen LogP contribution in [0.15, 0.2) is 97.3 Å². The van der Waals surface area contributed by atoms with Crippen molar-refractivity contribution < 1.29 is 54.6 Å². The number of amides is 1. The van der Waals surface area contributed by atoms with Gasteiger partial charge in [-0.05, 0) is 102 Å². The van der Waals surface area contributed by atoms with Gasteiger partial charge in [0.25, 0.3) is 5.91 Å². The molecule has 4 heterocycles. The summed E-state index contributed by atoms with van der Waals surface area (Å²) in [5.41, 5.74) is 4.71. The van der Waals surface area contributed by atoms with E-state index < -0.39 is 5.97 Å². The Kier molecular flexibility index (Phi) is 18.1. The molecule has 2 aromatic heterocycles. The molecule has 15 heteroatoms. The molecule has 9 nitrogen and oxygen atoms in total. The Morgan fingerprint density at radius 1 is 0.767 bits per heavy atom. The average molecular weight is 1090 g/mol. The molecule has 4 N–H and O–H groups in total. The second-order valence-electron chi connectivity index (χ2n) is 14.7. The Labute approximate surface area is 389 Å². The number of H-pyrrole nitrogens is 2. The van der Waals surface area contributed by atoms with Gasteiger partial charge in [0, 0.05) is 129 Å². The van der Waals surface area contributed by atoms with Gasteiger partial charge in [-0.2, -0.15) is 0 Å². The van der Waals surface area contributed by atoms with Crippen molar-refractivity contribution in [1.29, 1.82) is 2.67 Å². The summed E-state index contributed by atoms with van der Waals surface area (Å²) in [5.74, 6) is -1.43. The van der Waals surface area contributed by atoms with E-state index in [2.05, 4.69) is 52.8 Å². The van der Waals surface area contributed by atoms with E-state index in [0.717, 1.165) is 60.1 Å². The molecule has 8 rings (SSSR count).